The van der Waals surface area contributed by atoms with Crippen LogP contribution in [0.2, 0.25) is 0 Å². The van der Waals surface area contributed by atoms with Gasteiger partial charge in [0.05, 0.1) is 27.8 Å². The first-order valence-electron chi connectivity index (χ1n) is 18.6. The van der Waals surface area contributed by atoms with Crippen LogP contribution in [0.25, 0.3) is 99.1 Å². The number of para-hydroxylation sites is 4. The molecule has 0 saturated carbocycles. The molecule has 2 heteroatoms. The molecule has 11 rings (SSSR count). The molecule has 2 aromatic heterocycles. The van der Waals surface area contributed by atoms with Gasteiger partial charge in [0.2, 0.25) is 0 Å². The third-order valence-corrected chi connectivity index (χ3v) is 11.1. The van der Waals surface area contributed by atoms with E-state index in [1.165, 1.54) is 99.1 Å². The van der Waals surface area contributed by atoms with Crippen molar-refractivity contribution in [2.24, 2.45) is 0 Å². The first-order valence-corrected chi connectivity index (χ1v) is 18.6. The summed E-state index contributed by atoms with van der Waals surface area (Å²) in [5, 5.41) is 7.53. The lowest BCUT2D eigenvalue weighted by Gasteiger charge is -2.15. The SMILES string of the molecule is c1ccc(-n2c3ccccc3c3cc(-c4ccc5c(c4)c4ccccc4n5-c4ccccc4-c4cccc(-c5cccc6ccccc56)c4)ccc32)cc1. The zero-order valence-corrected chi connectivity index (χ0v) is 29.5. The number of aromatic nitrogens is 2. The topological polar surface area (TPSA) is 9.86 Å². The molecular formula is C52H34N2. The molecule has 0 saturated heterocycles. The molecular weight excluding hydrogens is 653 g/mol. The van der Waals surface area contributed by atoms with Gasteiger partial charge in [-0.15, -0.1) is 0 Å². The van der Waals surface area contributed by atoms with Crippen molar-refractivity contribution in [1.29, 1.82) is 0 Å². The van der Waals surface area contributed by atoms with E-state index in [0.717, 1.165) is 0 Å². The highest BCUT2D eigenvalue weighted by Gasteiger charge is 2.18. The lowest BCUT2D eigenvalue weighted by molar-refractivity contribution is 1.18. The minimum atomic E-state index is 1.17. The maximum atomic E-state index is 2.45. The molecule has 0 amide bonds. The highest BCUT2D eigenvalue weighted by atomic mass is 15.0. The highest BCUT2D eigenvalue weighted by Crippen LogP contribution is 2.40. The van der Waals surface area contributed by atoms with Crippen molar-refractivity contribution in [3.05, 3.63) is 206 Å². The van der Waals surface area contributed by atoms with E-state index in [0.29, 0.717) is 0 Å². The van der Waals surface area contributed by atoms with Crippen molar-refractivity contribution < 1.29 is 0 Å². The maximum absolute atomic E-state index is 2.45. The molecule has 54 heavy (non-hydrogen) atoms. The zero-order chi connectivity index (χ0) is 35.6. The van der Waals surface area contributed by atoms with Gasteiger partial charge in [-0.2, -0.15) is 0 Å². The van der Waals surface area contributed by atoms with E-state index >= 15 is 0 Å². The molecule has 2 heterocycles. The highest BCUT2D eigenvalue weighted by molar-refractivity contribution is 6.13. The Hall–Kier alpha value is -7.16. The number of rotatable bonds is 5. The average Bonchev–Trinajstić information content (AvgIpc) is 3.76. The molecule has 252 valence electrons. The van der Waals surface area contributed by atoms with E-state index in [1.807, 2.05) is 0 Å². The number of nitrogens with zero attached hydrogens (tertiary/aromatic N) is 2. The molecule has 0 aliphatic carbocycles. The summed E-state index contributed by atoms with van der Waals surface area (Å²) in [5.41, 5.74) is 14.4. The summed E-state index contributed by atoms with van der Waals surface area (Å²) in [6, 6.07) is 75.2. The summed E-state index contributed by atoms with van der Waals surface area (Å²) in [6.45, 7) is 0. The zero-order valence-electron chi connectivity index (χ0n) is 29.5. The van der Waals surface area contributed by atoms with Gasteiger partial charge in [-0.05, 0) is 99.3 Å². The van der Waals surface area contributed by atoms with Crippen LogP contribution >= 0.6 is 0 Å². The van der Waals surface area contributed by atoms with Crippen molar-refractivity contribution in [2.45, 2.75) is 0 Å². The summed E-state index contributed by atoms with van der Waals surface area (Å²) in [4.78, 5) is 0. The van der Waals surface area contributed by atoms with Gasteiger partial charge >= 0.3 is 0 Å². The van der Waals surface area contributed by atoms with Crippen LogP contribution in [-0.4, -0.2) is 9.13 Å². The Labute approximate surface area is 313 Å². The molecule has 0 N–H and O–H groups in total. The molecule has 11 aromatic rings. The minimum Gasteiger partial charge on any atom is -0.309 e. The molecule has 0 spiro atoms. The predicted molar refractivity (Wildman–Crippen MR) is 229 cm³/mol. The normalized spacial score (nSPS) is 11.7. The Morgan fingerprint density at radius 1 is 0.259 bits per heavy atom. The Balaban J connectivity index is 1.07. The van der Waals surface area contributed by atoms with Gasteiger partial charge in [0, 0.05) is 32.8 Å². The number of hydrogen-bond donors (Lipinski definition) is 0. The van der Waals surface area contributed by atoms with Crippen LogP contribution in [0.5, 0.6) is 0 Å². The van der Waals surface area contributed by atoms with Crippen LogP contribution in [0.1, 0.15) is 0 Å². The molecule has 0 fully saturated rings. The Morgan fingerprint density at radius 3 is 1.50 bits per heavy atom. The second-order valence-corrected chi connectivity index (χ2v) is 14.1. The summed E-state index contributed by atoms with van der Waals surface area (Å²) in [5.74, 6) is 0. The van der Waals surface area contributed by atoms with Gasteiger partial charge < -0.3 is 9.13 Å². The first kappa shape index (κ1) is 30.5. The number of fused-ring (bicyclic) bond motifs is 7. The molecule has 0 bridgehead atoms. The Bertz CT molecular complexity index is 3210. The van der Waals surface area contributed by atoms with Gasteiger partial charge in [0.25, 0.3) is 0 Å². The lowest BCUT2D eigenvalue weighted by atomic mass is 9.94. The van der Waals surface area contributed by atoms with Crippen molar-refractivity contribution >= 4 is 54.4 Å². The van der Waals surface area contributed by atoms with Gasteiger partial charge in [0.15, 0.2) is 0 Å². The van der Waals surface area contributed by atoms with E-state index in [-0.39, 0.29) is 0 Å². The van der Waals surface area contributed by atoms with Crippen molar-refractivity contribution in [2.75, 3.05) is 0 Å². The van der Waals surface area contributed by atoms with Crippen molar-refractivity contribution in [1.82, 2.24) is 9.13 Å². The molecule has 0 aliphatic rings. The van der Waals surface area contributed by atoms with Gasteiger partial charge in [-0.25, -0.2) is 0 Å². The van der Waals surface area contributed by atoms with Crippen molar-refractivity contribution in [3.8, 4) is 44.8 Å². The number of benzene rings is 9. The monoisotopic (exact) mass is 686 g/mol. The molecule has 0 unspecified atom stereocenters. The minimum absolute atomic E-state index is 1.17. The van der Waals surface area contributed by atoms with E-state index in [2.05, 4.69) is 215 Å². The fourth-order valence-electron chi connectivity index (χ4n) is 8.66. The maximum Gasteiger partial charge on any atom is 0.0541 e. The number of hydrogen-bond acceptors (Lipinski definition) is 0. The van der Waals surface area contributed by atoms with Gasteiger partial charge in [-0.1, -0.05) is 146 Å². The molecule has 0 aliphatic heterocycles. The van der Waals surface area contributed by atoms with Crippen LogP contribution < -0.4 is 0 Å². The van der Waals surface area contributed by atoms with Crippen LogP contribution in [0.15, 0.2) is 206 Å². The van der Waals surface area contributed by atoms with Crippen molar-refractivity contribution in [3.63, 3.8) is 0 Å². The summed E-state index contributed by atoms with van der Waals surface area (Å²) < 4.78 is 4.82. The summed E-state index contributed by atoms with van der Waals surface area (Å²) in [6.07, 6.45) is 0. The van der Waals surface area contributed by atoms with E-state index < -0.39 is 0 Å². The molecule has 2 nitrogen and oxygen atoms in total. The smallest absolute Gasteiger partial charge is 0.0541 e. The third kappa shape index (κ3) is 4.74. The fraction of sp³-hybridized carbons (Fsp3) is 0. The fourth-order valence-corrected chi connectivity index (χ4v) is 8.66. The summed E-state index contributed by atoms with van der Waals surface area (Å²) >= 11 is 0. The largest absolute Gasteiger partial charge is 0.309 e. The van der Waals surface area contributed by atoms with Crippen LogP contribution in [0, 0.1) is 0 Å². The standard InChI is InChI=1S/C52H34N2/c1-2-18-40(19-3-1)53-49-26-10-7-22-44(49)46-33-36(28-30-51(46)53)37-29-31-52-47(34-37)45-23-8-11-27-50(45)54(52)48-25-9-6-21-43(48)39-17-12-16-38(32-39)42-24-13-15-35-14-4-5-20-41(35)42/h1-34H. The second-order valence-electron chi connectivity index (χ2n) is 14.1. The van der Waals surface area contributed by atoms with E-state index in [9.17, 15) is 0 Å². The Kier molecular flexibility index (Phi) is 6.90. The van der Waals surface area contributed by atoms with Gasteiger partial charge in [-0.3, -0.25) is 0 Å². The van der Waals surface area contributed by atoms with Crippen LogP contribution in [-0.2, 0) is 0 Å². The lowest BCUT2D eigenvalue weighted by Crippen LogP contribution is -1.97. The van der Waals surface area contributed by atoms with Crippen LogP contribution in [0.4, 0.5) is 0 Å². The first-order chi connectivity index (χ1) is 26.8. The third-order valence-electron chi connectivity index (χ3n) is 11.1. The molecule has 0 radical (unpaired) electrons. The Morgan fingerprint density at radius 2 is 0.759 bits per heavy atom. The predicted octanol–water partition coefficient (Wildman–Crippen LogP) is 14.0. The van der Waals surface area contributed by atoms with E-state index in [4.69, 9.17) is 0 Å². The molecule has 9 aromatic carbocycles. The summed E-state index contributed by atoms with van der Waals surface area (Å²) in [7, 11) is 0. The molecule has 0 atom stereocenters. The average molecular weight is 687 g/mol. The quantitative estimate of drug-likeness (QED) is 0.171. The van der Waals surface area contributed by atoms with Crippen LogP contribution in [0.3, 0.4) is 0 Å². The van der Waals surface area contributed by atoms with E-state index in [1.54, 1.807) is 0 Å². The second kappa shape index (κ2) is 12.2. The van der Waals surface area contributed by atoms with Gasteiger partial charge in [0.1, 0.15) is 0 Å².